The Morgan fingerprint density at radius 1 is 1.43 bits per heavy atom. The second-order valence-corrected chi connectivity index (χ2v) is 4.60. The second kappa shape index (κ2) is 8.11. The Kier molecular flexibility index (Phi) is 6.49. The van der Waals surface area contributed by atoms with Crippen molar-refractivity contribution in [2.75, 3.05) is 19.8 Å². The van der Waals surface area contributed by atoms with Gasteiger partial charge in [-0.1, -0.05) is 0 Å². The number of aromatic carboxylic acids is 1. The summed E-state index contributed by atoms with van der Waals surface area (Å²) in [5, 5.41) is 19.7. The van der Waals surface area contributed by atoms with Crippen molar-refractivity contribution in [2.24, 2.45) is 0 Å². The lowest BCUT2D eigenvalue weighted by Crippen LogP contribution is -2.29. The van der Waals surface area contributed by atoms with Crippen molar-refractivity contribution in [3.63, 3.8) is 0 Å². The Bertz CT molecular complexity index is 583. The fourth-order valence-corrected chi connectivity index (χ4v) is 1.98. The standard InChI is InChI=1S/C13H13BrN2O5/c1-2-20-10-6-8(13(18)19)5-9(14)12(10)21-7-11(17)16-4-3-15/h5-6H,2,4,7H2,1H3,(H,16,17)(H,18,19). The summed E-state index contributed by atoms with van der Waals surface area (Å²) in [5.41, 5.74) is 0.0339. The highest BCUT2D eigenvalue weighted by molar-refractivity contribution is 9.10. The predicted octanol–water partition coefficient (Wildman–Crippen LogP) is 1.56. The first-order valence-corrected chi connectivity index (χ1v) is 6.75. The van der Waals surface area contributed by atoms with Crippen molar-refractivity contribution in [1.29, 1.82) is 5.26 Å². The molecule has 0 heterocycles. The molecule has 8 heteroatoms. The van der Waals surface area contributed by atoms with Gasteiger partial charge < -0.3 is 19.9 Å². The average molecular weight is 357 g/mol. The van der Waals surface area contributed by atoms with Crippen molar-refractivity contribution >= 4 is 27.8 Å². The summed E-state index contributed by atoms with van der Waals surface area (Å²) >= 11 is 3.19. The van der Waals surface area contributed by atoms with E-state index >= 15 is 0 Å². The van der Waals surface area contributed by atoms with Crippen LogP contribution >= 0.6 is 15.9 Å². The summed E-state index contributed by atoms with van der Waals surface area (Å²) < 4.78 is 11.0. The van der Waals surface area contributed by atoms with Crippen LogP contribution < -0.4 is 14.8 Å². The number of hydrogen-bond acceptors (Lipinski definition) is 5. The fourth-order valence-electron chi connectivity index (χ4n) is 1.42. The monoisotopic (exact) mass is 356 g/mol. The Labute approximate surface area is 129 Å². The summed E-state index contributed by atoms with van der Waals surface area (Å²) in [4.78, 5) is 22.4. The van der Waals surface area contributed by atoms with E-state index in [1.165, 1.54) is 12.1 Å². The van der Waals surface area contributed by atoms with Gasteiger partial charge in [-0.25, -0.2) is 4.79 Å². The lowest BCUT2D eigenvalue weighted by Gasteiger charge is -2.14. The molecule has 0 bridgehead atoms. The SMILES string of the molecule is CCOc1cc(C(=O)O)cc(Br)c1OCC(=O)NCC#N. The number of carbonyl (C=O) groups excluding carboxylic acids is 1. The molecular weight excluding hydrogens is 344 g/mol. The van der Waals surface area contributed by atoms with Gasteiger partial charge in [0.1, 0.15) is 6.54 Å². The Balaban J connectivity index is 2.92. The maximum Gasteiger partial charge on any atom is 0.335 e. The van der Waals surface area contributed by atoms with Crippen LogP contribution in [0.25, 0.3) is 0 Å². The summed E-state index contributed by atoms with van der Waals surface area (Å²) in [6.07, 6.45) is 0. The number of halogens is 1. The van der Waals surface area contributed by atoms with E-state index in [9.17, 15) is 9.59 Å². The first-order chi connectivity index (χ1) is 9.99. The minimum absolute atomic E-state index is 0.0339. The highest BCUT2D eigenvalue weighted by Gasteiger charge is 2.16. The van der Waals surface area contributed by atoms with E-state index in [0.29, 0.717) is 11.1 Å². The maximum absolute atomic E-state index is 11.4. The van der Waals surface area contributed by atoms with Crippen molar-refractivity contribution < 1.29 is 24.2 Å². The van der Waals surface area contributed by atoms with Crippen LogP contribution in [-0.2, 0) is 4.79 Å². The first-order valence-electron chi connectivity index (χ1n) is 5.95. The average Bonchev–Trinajstić information content (AvgIpc) is 2.44. The summed E-state index contributed by atoms with van der Waals surface area (Å²) in [6.45, 7) is 1.63. The van der Waals surface area contributed by atoms with Crippen LogP contribution in [0, 0.1) is 11.3 Å². The van der Waals surface area contributed by atoms with Gasteiger partial charge in [0.2, 0.25) is 0 Å². The number of nitrogens with one attached hydrogen (secondary N) is 1. The van der Waals surface area contributed by atoms with Gasteiger partial charge in [0, 0.05) is 0 Å². The number of rotatable bonds is 7. The number of nitrogens with zero attached hydrogens (tertiary/aromatic N) is 1. The molecule has 1 aromatic carbocycles. The number of nitriles is 1. The molecule has 7 nitrogen and oxygen atoms in total. The van der Waals surface area contributed by atoms with Gasteiger partial charge in [0.15, 0.2) is 18.1 Å². The zero-order valence-corrected chi connectivity index (χ0v) is 12.8. The molecule has 1 amide bonds. The molecule has 0 saturated heterocycles. The third-order valence-electron chi connectivity index (χ3n) is 2.27. The van der Waals surface area contributed by atoms with Crippen molar-refractivity contribution in [3.8, 4) is 17.6 Å². The largest absolute Gasteiger partial charge is 0.490 e. The molecule has 1 aromatic rings. The van der Waals surface area contributed by atoms with Crippen LogP contribution in [0.4, 0.5) is 0 Å². The zero-order chi connectivity index (χ0) is 15.8. The van der Waals surface area contributed by atoms with E-state index in [2.05, 4.69) is 21.2 Å². The third-order valence-corrected chi connectivity index (χ3v) is 2.86. The van der Waals surface area contributed by atoms with Crippen LogP contribution in [0.5, 0.6) is 11.5 Å². The quantitative estimate of drug-likeness (QED) is 0.717. The van der Waals surface area contributed by atoms with Gasteiger partial charge in [-0.2, -0.15) is 5.26 Å². The molecule has 0 radical (unpaired) electrons. The number of carbonyl (C=O) groups is 2. The molecule has 21 heavy (non-hydrogen) atoms. The summed E-state index contributed by atoms with van der Waals surface area (Å²) in [6, 6.07) is 4.45. The van der Waals surface area contributed by atoms with Crippen LogP contribution in [-0.4, -0.2) is 36.7 Å². The molecule has 0 aliphatic carbocycles. The summed E-state index contributed by atoms with van der Waals surface area (Å²) in [7, 11) is 0. The Hall–Kier alpha value is -2.27. The number of ether oxygens (including phenoxy) is 2. The van der Waals surface area contributed by atoms with Gasteiger partial charge in [-0.3, -0.25) is 4.79 Å². The van der Waals surface area contributed by atoms with E-state index in [-0.39, 0.29) is 30.2 Å². The van der Waals surface area contributed by atoms with E-state index in [0.717, 1.165) is 0 Å². The molecule has 0 aliphatic rings. The minimum Gasteiger partial charge on any atom is -0.490 e. The Morgan fingerprint density at radius 2 is 2.14 bits per heavy atom. The minimum atomic E-state index is -1.10. The van der Waals surface area contributed by atoms with Crippen molar-refractivity contribution in [3.05, 3.63) is 22.2 Å². The highest BCUT2D eigenvalue weighted by atomic mass is 79.9. The molecule has 0 atom stereocenters. The number of hydrogen-bond donors (Lipinski definition) is 2. The normalized spacial score (nSPS) is 9.57. The van der Waals surface area contributed by atoms with Gasteiger partial charge in [0.05, 0.1) is 22.7 Å². The number of carboxylic acids is 1. The fraction of sp³-hybridized carbons (Fsp3) is 0.308. The third kappa shape index (κ3) is 4.96. The molecule has 0 unspecified atom stereocenters. The Morgan fingerprint density at radius 3 is 2.71 bits per heavy atom. The van der Waals surface area contributed by atoms with Gasteiger partial charge in [-0.15, -0.1) is 0 Å². The number of benzene rings is 1. The van der Waals surface area contributed by atoms with E-state index in [1.807, 2.05) is 0 Å². The molecule has 2 N–H and O–H groups in total. The van der Waals surface area contributed by atoms with Crippen molar-refractivity contribution in [1.82, 2.24) is 5.32 Å². The summed E-state index contributed by atoms with van der Waals surface area (Å²) in [5.74, 6) is -1.12. The molecule has 112 valence electrons. The van der Waals surface area contributed by atoms with Crippen LogP contribution in [0.1, 0.15) is 17.3 Å². The predicted molar refractivity (Wildman–Crippen MR) is 76.4 cm³/mol. The van der Waals surface area contributed by atoms with Crippen LogP contribution in [0.2, 0.25) is 0 Å². The van der Waals surface area contributed by atoms with Gasteiger partial charge in [-0.05, 0) is 35.0 Å². The van der Waals surface area contributed by atoms with Crippen molar-refractivity contribution in [2.45, 2.75) is 6.92 Å². The van der Waals surface area contributed by atoms with Crippen LogP contribution in [0.3, 0.4) is 0 Å². The first kappa shape index (κ1) is 16.8. The maximum atomic E-state index is 11.4. The topological polar surface area (TPSA) is 109 Å². The highest BCUT2D eigenvalue weighted by Crippen LogP contribution is 2.36. The number of carboxylic acid groups (broad SMARTS) is 1. The molecule has 0 aromatic heterocycles. The molecular formula is C13H13BrN2O5. The van der Waals surface area contributed by atoms with E-state index in [4.69, 9.17) is 19.8 Å². The van der Waals surface area contributed by atoms with E-state index < -0.39 is 11.9 Å². The van der Waals surface area contributed by atoms with Gasteiger partial charge in [0.25, 0.3) is 5.91 Å². The van der Waals surface area contributed by atoms with Crippen LogP contribution in [0.15, 0.2) is 16.6 Å². The molecule has 0 saturated carbocycles. The van der Waals surface area contributed by atoms with Gasteiger partial charge >= 0.3 is 5.97 Å². The molecule has 0 spiro atoms. The molecule has 0 fully saturated rings. The van der Waals surface area contributed by atoms with E-state index in [1.54, 1.807) is 13.0 Å². The second-order valence-electron chi connectivity index (χ2n) is 3.75. The molecule has 1 rings (SSSR count). The lowest BCUT2D eigenvalue weighted by atomic mass is 10.2. The number of amides is 1. The zero-order valence-electron chi connectivity index (χ0n) is 11.2. The molecule has 0 aliphatic heterocycles. The lowest BCUT2D eigenvalue weighted by molar-refractivity contribution is -0.122. The smallest absolute Gasteiger partial charge is 0.335 e.